The van der Waals surface area contributed by atoms with Crippen molar-refractivity contribution in [1.29, 1.82) is 0 Å². The Kier molecular flexibility index (Phi) is 3.73. The highest BCUT2D eigenvalue weighted by Gasteiger charge is 2.67. The van der Waals surface area contributed by atoms with E-state index in [2.05, 4.69) is 27.3 Å². The molecule has 3 aliphatic heterocycles. The molecule has 0 saturated carbocycles. The highest BCUT2D eigenvalue weighted by atomic mass is 79.9. The summed E-state index contributed by atoms with van der Waals surface area (Å²) < 4.78 is 6.29. The number of halogens is 1. The standard InChI is InChI=1S/C18H21BrN2O3/c1-3-24-16(22)12-9-18(21-6-4-5-14(12)21)13-8-11(19)7-10(2)15(13)20-17(18)23/h7-8,12,14H,3-6,9H2,1-2H3,(H,20,23)/p+1/t12-,14+,18+/m0/s1. The van der Waals surface area contributed by atoms with Crippen LogP contribution < -0.4 is 10.2 Å². The van der Waals surface area contributed by atoms with E-state index in [1.165, 1.54) is 4.90 Å². The van der Waals surface area contributed by atoms with Crippen molar-refractivity contribution in [1.82, 2.24) is 0 Å². The van der Waals surface area contributed by atoms with Crippen LogP contribution in [0.1, 0.15) is 37.3 Å². The summed E-state index contributed by atoms with van der Waals surface area (Å²) in [6.45, 7) is 5.16. The first kappa shape index (κ1) is 16.1. The van der Waals surface area contributed by atoms with Gasteiger partial charge in [0.15, 0.2) is 0 Å². The van der Waals surface area contributed by atoms with Crippen molar-refractivity contribution in [2.75, 3.05) is 18.5 Å². The van der Waals surface area contributed by atoms with E-state index in [0.717, 1.165) is 40.7 Å². The quantitative estimate of drug-likeness (QED) is 0.749. The summed E-state index contributed by atoms with van der Waals surface area (Å²) >= 11 is 3.57. The molecule has 1 aromatic carbocycles. The maximum absolute atomic E-state index is 13.1. The van der Waals surface area contributed by atoms with Crippen LogP contribution in [0.15, 0.2) is 16.6 Å². The molecule has 5 nitrogen and oxygen atoms in total. The van der Waals surface area contributed by atoms with Crippen LogP contribution in [0.3, 0.4) is 0 Å². The fraction of sp³-hybridized carbons (Fsp3) is 0.556. The maximum Gasteiger partial charge on any atom is 0.315 e. The van der Waals surface area contributed by atoms with Crippen molar-refractivity contribution in [3.8, 4) is 0 Å². The number of benzene rings is 1. The third kappa shape index (κ3) is 2.02. The first-order valence-electron chi connectivity index (χ1n) is 8.64. The summed E-state index contributed by atoms with van der Waals surface area (Å²) in [6.07, 6.45) is 2.57. The summed E-state index contributed by atoms with van der Waals surface area (Å²) in [4.78, 5) is 26.8. The number of amides is 1. The van der Waals surface area contributed by atoms with Gasteiger partial charge in [0.05, 0.1) is 18.8 Å². The van der Waals surface area contributed by atoms with Gasteiger partial charge in [-0.15, -0.1) is 0 Å². The Hall–Kier alpha value is -1.40. The zero-order valence-electron chi connectivity index (χ0n) is 13.9. The predicted molar refractivity (Wildman–Crippen MR) is 92.8 cm³/mol. The van der Waals surface area contributed by atoms with Crippen LogP contribution in [0.25, 0.3) is 0 Å². The van der Waals surface area contributed by atoms with E-state index in [1.54, 1.807) is 0 Å². The summed E-state index contributed by atoms with van der Waals surface area (Å²) in [7, 11) is 0. The lowest BCUT2D eigenvalue weighted by molar-refractivity contribution is -0.947. The van der Waals surface area contributed by atoms with E-state index in [1.807, 2.05) is 19.9 Å². The number of hydrogen-bond acceptors (Lipinski definition) is 3. The molecule has 0 bridgehead atoms. The molecule has 0 aliphatic carbocycles. The Bertz CT molecular complexity index is 735. The van der Waals surface area contributed by atoms with E-state index in [0.29, 0.717) is 13.0 Å². The molecule has 1 spiro atoms. The molecule has 3 aliphatic rings. The smallest absolute Gasteiger partial charge is 0.315 e. The lowest BCUT2D eigenvalue weighted by Crippen LogP contribution is -3.19. The van der Waals surface area contributed by atoms with Crippen molar-refractivity contribution in [3.63, 3.8) is 0 Å². The molecule has 128 valence electrons. The molecule has 4 rings (SSSR count). The molecule has 1 aromatic rings. The Morgan fingerprint density at radius 2 is 2.29 bits per heavy atom. The molecule has 2 saturated heterocycles. The number of rotatable bonds is 2. The Labute approximate surface area is 149 Å². The number of ether oxygens (including phenoxy) is 1. The third-order valence-corrected chi connectivity index (χ3v) is 6.40. The lowest BCUT2D eigenvalue weighted by atomic mass is 9.84. The van der Waals surface area contributed by atoms with E-state index in [9.17, 15) is 9.59 Å². The highest BCUT2D eigenvalue weighted by molar-refractivity contribution is 9.10. The molecule has 0 radical (unpaired) electrons. The first-order valence-corrected chi connectivity index (χ1v) is 9.43. The lowest BCUT2D eigenvalue weighted by Gasteiger charge is -2.29. The summed E-state index contributed by atoms with van der Waals surface area (Å²) in [5.74, 6) is -0.308. The van der Waals surface area contributed by atoms with Gasteiger partial charge in [-0.25, -0.2) is 0 Å². The van der Waals surface area contributed by atoms with Gasteiger partial charge in [-0.3, -0.25) is 9.59 Å². The molecule has 2 fully saturated rings. The van der Waals surface area contributed by atoms with Gasteiger partial charge in [-0.1, -0.05) is 15.9 Å². The Balaban J connectivity index is 1.84. The summed E-state index contributed by atoms with van der Waals surface area (Å²) in [5, 5.41) is 3.10. The average molecular weight is 394 g/mol. The first-order chi connectivity index (χ1) is 11.5. The van der Waals surface area contributed by atoms with E-state index in [-0.39, 0.29) is 23.8 Å². The van der Waals surface area contributed by atoms with Gasteiger partial charge in [-0.2, -0.15) is 0 Å². The van der Waals surface area contributed by atoms with Crippen LogP contribution in [-0.4, -0.2) is 31.1 Å². The van der Waals surface area contributed by atoms with Crippen LogP contribution in [0.5, 0.6) is 0 Å². The van der Waals surface area contributed by atoms with E-state index >= 15 is 0 Å². The molecular weight excluding hydrogens is 372 g/mol. The summed E-state index contributed by atoms with van der Waals surface area (Å²) in [5.41, 5.74) is 2.36. The van der Waals surface area contributed by atoms with Crippen molar-refractivity contribution >= 4 is 33.5 Å². The second-order valence-corrected chi connectivity index (χ2v) is 8.01. The van der Waals surface area contributed by atoms with E-state index < -0.39 is 5.54 Å². The molecule has 2 N–H and O–H groups in total. The number of anilines is 1. The fourth-order valence-electron chi connectivity index (χ4n) is 5.06. The van der Waals surface area contributed by atoms with Gasteiger partial charge >= 0.3 is 5.97 Å². The van der Waals surface area contributed by atoms with Crippen LogP contribution in [0.2, 0.25) is 0 Å². The zero-order valence-corrected chi connectivity index (χ0v) is 15.5. The van der Waals surface area contributed by atoms with Crippen molar-refractivity contribution < 1.29 is 19.2 Å². The largest absolute Gasteiger partial charge is 0.466 e. The normalized spacial score (nSPS) is 33.5. The molecule has 0 aromatic heterocycles. The maximum atomic E-state index is 13.1. The number of quaternary nitrogens is 1. The number of nitrogens with one attached hydrogen (secondary N) is 2. The van der Waals surface area contributed by atoms with Gasteiger partial charge in [0.25, 0.3) is 5.91 Å². The van der Waals surface area contributed by atoms with Crippen LogP contribution in [-0.2, 0) is 19.9 Å². The predicted octanol–water partition coefficient (Wildman–Crippen LogP) is 1.54. The number of aryl methyl sites for hydroxylation is 1. The number of fused-ring (bicyclic) bond motifs is 4. The summed E-state index contributed by atoms with van der Waals surface area (Å²) in [6, 6.07) is 4.25. The fourth-order valence-corrected chi connectivity index (χ4v) is 5.63. The minimum Gasteiger partial charge on any atom is -0.466 e. The molecule has 1 unspecified atom stereocenters. The molecule has 3 heterocycles. The zero-order chi connectivity index (χ0) is 17.1. The Morgan fingerprint density at radius 1 is 1.50 bits per heavy atom. The van der Waals surface area contributed by atoms with Crippen LogP contribution in [0, 0.1) is 12.8 Å². The molecule has 6 heteroatoms. The second-order valence-electron chi connectivity index (χ2n) is 7.09. The average Bonchev–Trinajstić information content (AvgIpc) is 3.17. The molecule has 4 atom stereocenters. The number of hydrogen-bond donors (Lipinski definition) is 2. The number of carbonyl (C=O) groups excluding carboxylic acids is 2. The van der Waals surface area contributed by atoms with Crippen LogP contribution in [0.4, 0.5) is 5.69 Å². The van der Waals surface area contributed by atoms with Gasteiger partial charge in [0.1, 0.15) is 12.0 Å². The van der Waals surface area contributed by atoms with Gasteiger partial charge in [-0.05, 0) is 31.5 Å². The number of esters is 1. The Morgan fingerprint density at radius 3 is 3.04 bits per heavy atom. The minimum atomic E-state index is -0.650. The molecule has 1 amide bonds. The van der Waals surface area contributed by atoms with Gasteiger partial charge in [0.2, 0.25) is 5.54 Å². The third-order valence-electron chi connectivity index (χ3n) is 5.94. The monoisotopic (exact) mass is 393 g/mol. The van der Waals surface area contributed by atoms with Crippen molar-refractivity contribution in [2.24, 2.45) is 5.92 Å². The van der Waals surface area contributed by atoms with Crippen molar-refractivity contribution in [2.45, 2.75) is 44.7 Å². The second kappa shape index (κ2) is 5.56. The highest BCUT2D eigenvalue weighted by Crippen LogP contribution is 2.46. The topological polar surface area (TPSA) is 59.8 Å². The van der Waals surface area contributed by atoms with Gasteiger partial charge in [0, 0.05) is 29.3 Å². The minimum absolute atomic E-state index is 0.0346. The SMILES string of the molecule is CCOC(=O)[C@H]1C[C@@]2(C(=O)Nc3c(C)cc(Br)cc32)[NH+]2CCC[C@H]12. The van der Waals surface area contributed by atoms with Crippen molar-refractivity contribution in [3.05, 3.63) is 27.7 Å². The molecular formula is C18H22BrN2O3+. The van der Waals surface area contributed by atoms with E-state index in [4.69, 9.17) is 4.74 Å². The number of carbonyl (C=O) groups is 2. The van der Waals surface area contributed by atoms with Crippen LogP contribution >= 0.6 is 15.9 Å². The van der Waals surface area contributed by atoms with Gasteiger partial charge < -0.3 is 15.0 Å². The molecule has 24 heavy (non-hydrogen) atoms.